The molecule has 0 spiro atoms. The van der Waals surface area contributed by atoms with Crippen LogP contribution in [0, 0.1) is 5.92 Å². The van der Waals surface area contributed by atoms with E-state index in [0.717, 1.165) is 24.1 Å². The molecular weight excluding hydrogens is 472 g/mol. The van der Waals surface area contributed by atoms with E-state index in [0.29, 0.717) is 42.2 Å². The quantitative estimate of drug-likeness (QED) is 0.259. The third-order valence-corrected chi connectivity index (χ3v) is 6.96. The SMILES string of the molecule is CCc1ccc(-n2c(C(CC)N(CCC(C)C)C(=O)NCc3ccccc3)nc3ccccc3c2=O)cc1. The van der Waals surface area contributed by atoms with E-state index in [1.807, 2.05) is 90.7 Å². The highest BCUT2D eigenvalue weighted by Crippen LogP contribution is 2.27. The van der Waals surface area contributed by atoms with Crippen LogP contribution in [0.15, 0.2) is 83.7 Å². The lowest BCUT2D eigenvalue weighted by molar-refractivity contribution is 0.163. The molecule has 0 aliphatic heterocycles. The summed E-state index contributed by atoms with van der Waals surface area (Å²) in [6.07, 6.45) is 2.38. The molecule has 1 atom stereocenters. The summed E-state index contributed by atoms with van der Waals surface area (Å²) in [4.78, 5) is 34.5. The number of rotatable bonds is 10. The van der Waals surface area contributed by atoms with E-state index < -0.39 is 0 Å². The molecule has 0 aliphatic rings. The molecule has 4 aromatic rings. The lowest BCUT2D eigenvalue weighted by Crippen LogP contribution is -2.44. The Balaban J connectivity index is 1.81. The maximum atomic E-state index is 13.9. The van der Waals surface area contributed by atoms with Gasteiger partial charge in [0.05, 0.1) is 22.6 Å². The molecule has 6 nitrogen and oxygen atoms in total. The highest BCUT2D eigenvalue weighted by molar-refractivity contribution is 5.78. The zero-order chi connectivity index (χ0) is 27.1. The fraction of sp³-hybridized carbons (Fsp3) is 0.344. The first-order valence-electron chi connectivity index (χ1n) is 13.6. The minimum Gasteiger partial charge on any atom is -0.334 e. The van der Waals surface area contributed by atoms with Crippen LogP contribution in [0.4, 0.5) is 4.79 Å². The number of benzene rings is 3. The minimum atomic E-state index is -0.382. The Bertz CT molecular complexity index is 1410. The fourth-order valence-electron chi connectivity index (χ4n) is 4.72. The molecule has 1 N–H and O–H groups in total. The predicted molar refractivity (Wildman–Crippen MR) is 155 cm³/mol. The van der Waals surface area contributed by atoms with E-state index in [9.17, 15) is 9.59 Å². The number of carbonyl (C=O) groups excluding carboxylic acids is 1. The Hall–Kier alpha value is -3.93. The molecule has 198 valence electrons. The van der Waals surface area contributed by atoms with Crippen LogP contribution in [0.25, 0.3) is 16.6 Å². The summed E-state index contributed by atoms with van der Waals surface area (Å²) in [5, 5.41) is 3.67. The van der Waals surface area contributed by atoms with Crippen molar-refractivity contribution >= 4 is 16.9 Å². The van der Waals surface area contributed by atoms with Gasteiger partial charge in [-0.25, -0.2) is 9.78 Å². The third-order valence-electron chi connectivity index (χ3n) is 6.96. The van der Waals surface area contributed by atoms with Gasteiger partial charge in [0.15, 0.2) is 0 Å². The Morgan fingerprint density at radius 1 is 0.921 bits per heavy atom. The van der Waals surface area contributed by atoms with E-state index in [1.165, 1.54) is 5.56 Å². The topological polar surface area (TPSA) is 67.2 Å². The number of aromatic nitrogens is 2. The fourth-order valence-corrected chi connectivity index (χ4v) is 4.72. The van der Waals surface area contributed by atoms with Gasteiger partial charge in [-0.05, 0) is 60.6 Å². The molecule has 0 aliphatic carbocycles. The van der Waals surface area contributed by atoms with Crippen molar-refractivity contribution in [2.24, 2.45) is 5.92 Å². The largest absolute Gasteiger partial charge is 0.334 e. The summed E-state index contributed by atoms with van der Waals surface area (Å²) in [6.45, 7) is 9.46. The lowest BCUT2D eigenvalue weighted by atomic mass is 10.1. The van der Waals surface area contributed by atoms with E-state index in [2.05, 4.69) is 26.1 Å². The number of para-hydroxylation sites is 1. The van der Waals surface area contributed by atoms with E-state index in [4.69, 9.17) is 4.98 Å². The minimum absolute atomic E-state index is 0.123. The van der Waals surface area contributed by atoms with Crippen molar-refractivity contribution in [3.8, 4) is 5.69 Å². The number of nitrogens with one attached hydrogen (secondary N) is 1. The number of carbonyl (C=O) groups is 1. The second-order valence-corrected chi connectivity index (χ2v) is 10.1. The molecule has 1 aromatic heterocycles. The van der Waals surface area contributed by atoms with Gasteiger partial charge in [0, 0.05) is 13.1 Å². The van der Waals surface area contributed by atoms with E-state index in [-0.39, 0.29) is 17.6 Å². The zero-order valence-corrected chi connectivity index (χ0v) is 22.9. The van der Waals surface area contributed by atoms with Crippen molar-refractivity contribution in [2.75, 3.05) is 6.54 Å². The van der Waals surface area contributed by atoms with Crippen molar-refractivity contribution in [3.63, 3.8) is 0 Å². The second kappa shape index (κ2) is 12.5. The van der Waals surface area contributed by atoms with Crippen molar-refractivity contribution in [1.82, 2.24) is 19.8 Å². The highest BCUT2D eigenvalue weighted by atomic mass is 16.2. The number of fused-ring (bicyclic) bond motifs is 1. The average molecular weight is 511 g/mol. The van der Waals surface area contributed by atoms with Crippen LogP contribution in [0.1, 0.15) is 63.5 Å². The molecule has 38 heavy (non-hydrogen) atoms. The Morgan fingerprint density at radius 3 is 2.26 bits per heavy atom. The van der Waals surface area contributed by atoms with Crippen LogP contribution in [0.2, 0.25) is 0 Å². The molecule has 1 heterocycles. The van der Waals surface area contributed by atoms with Crippen LogP contribution in [-0.2, 0) is 13.0 Å². The molecule has 0 bridgehead atoms. The molecule has 3 aromatic carbocycles. The Kier molecular flexibility index (Phi) is 8.95. The third kappa shape index (κ3) is 6.13. The van der Waals surface area contributed by atoms with Crippen LogP contribution >= 0.6 is 0 Å². The van der Waals surface area contributed by atoms with Gasteiger partial charge >= 0.3 is 6.03 Å². The number of urea groups is 1. The van der Waals surface area contributed by atoms with Crippen LogP contribution in [-0.4, -0.2) is 27.0 Å². The number of aryl methyl sites for hydroxylation is 1. The van der Waals surface area contributed by atoms with Gasteiger partial charge in [-0.2, -0.15) is 0 Å². The van der Waals surface area contributed by atoms with Gasteiger partial charge in [0.1, 0.15) is 5.82 Å². The number of amides is 2. The van der Waals surface area contributed by atoms with Gasteiger partial charge in [0.2, 0.25) is 0 Å². The van der Waals surface area contributed by atoms with E-state index >= 15 is 0 Å². The number of hydrogen-bond acceptors (Lipinski definition) is 3. The van der Waals surface area contributed by atoms with Crippen molar-refractivity contribution in [2.45, 2.75) is 59.5 Å². The maximum absolute atomic E-state index is 13.9. The van der Waals surface area contributed by atoms with Crippen LogP contribution < -0.4 is 10.9 Å². The van der Waals surface area contributed by atoms with Gasteiger partial charge in [-0.1, -0.05) is 82.3 Å². The van der Waals surface area contributed by atoms with Crippen LogP contribution in [0.3, 0.4) is 0 Å². The number of hydrogen-bond donors (Lipinski definition) is 1. The normalized spacial score (nSPS) is 12.0. The predicted octanol–water partition coefficient (Wildman–Crippen LogP) is 6.66. The van der Waals surface area contributed by atoms with Crippen LogP contribution in [0.5, 0.6) is 0 Å². The smallest absolute Gasteiger partial charge is 0.318 e. The Labute approximate surface area is 225 Å². The monoisotopic (exact) mass is 510 g/mol. The summed E-state index contributed by atoms with van der Waals surface area (Å²) in [7, 11) is 0. The molecule has 1 unspecified atom stereocenters. The summed E-state index contributed by atoms with van der Waals surface area (Å²) in [5.74, 6) is 1.00. The Morgan fingerprint density at radius 2 is 1.61 bits per heavy atom. The first kappa shape index (κ1) is 27.1. The zero-order valence-electron chi connectivity index (χ0n) is 22.9. The van der Waals surface area contributed by atoms with Gasteiger partial charge in [-0.3, -0.25) is 9.36 Å². The first-order valence-corrected chi connectivity index (χ1v) is 13.6. The summed E-state index contributed by atoms with van der Waals surface area (Å²) in [6, 6.07) is 24.8. The maximum Gasteiger partial charge on any atom is 0.318 e. The standard InChI is InChI=1S/C32H38N4O2/c1-5-24-16-18-26(19-17-24)36-30(34-28-15-11-10-14-27(28)31(36)37)29(6-2)35(21-20-23(3)4)32(38)33-22-25-12-8-7-9-13-25/h7-19,23,29H,5-6,20-22H2,1-4H3,(H,33,38). The summed E-state index contributed by atoms with van der Waals surface area (Å²) < 4.78 is 1.70. The van der Waals surface area contributed by atoms with Gasteiger partial charge in [-0.15, -0.1) is 0 Å². The second-order valence-electron chi connectivity index (χ2n) is 10.1. The van der Waals surface area contributed by atoms with Crippen molar-refractivity contribution in [1.29, 1.82) is 0 Å². The highest BCUT2D eigenvalue weighted by Gasteiger charge is 2.29. The first-order chi connectivity index (χ1) is 18.4. The number of nitrogens with zero attached hydrogens (tertiary/aromatic N) is 3. The molecule has 0 radical (unpaired) electrons. The molecule has 0 fully saturated rings. The lowest BCUT2D eigenvalue weighted by Gasteiger charge is -2.33. The molecule has 6 heteroatoms. The van der Waals surface area contributed by atoms with Crippen molar-refractivity contribution in [3.05, 3.63) is 106 Å². The molecule has 0 saturated heterocycles. The average Bonchev–Trinajstić information content (AvgIpc) is 2.94. The molecular formula is C32H38N4O2. The summed E-state index contributed by atoms with van der Waals surface area (Å²) >= 11 is 0. The molecule has 4 rings (SSSR count). The van der Waals surface area contributed by atoms with E-state index in [1.54, 1.807) is 4.57 Å². The summed E-state index contributed by atoms with van der Waals surface area (Å²) in [5.41, 5.74) is 3.51. The molecule has 0 saturated carbocycles. The van der Waals surface area contributed by atoms with Crippen molar-refractivity contribution < 1.29 is 4.79 Å². The van der Waals surface area contributed by atoms with Gasteiger partial charge < -0.3 is 10.2 Å². The molecule has 2 amide bonds. The van der Waals surface area contributed by atoms with Gasteiger partial charge in [0.25, 0.3) is 5.56 Å².